The van der Waals surface area contributed by atoms with Gasteiger partial charge >= 0.3 is 7.82 Å². The van der Waals surface area contributed by atoms with Crippen LogP contribution in [0, 0.1) is 0 Å². The van der Waals surface area contributed by atoms with E-state index in [-0.39, 0.29) is 19.1 Å². The van der Waals surface area contributed by atoms with Crippen LogP contribution in [0.4, 0.5) is 0 Å². The summed E-state index contributed by atoms with van der Waals surface area (Å²) < 4.78 is 23.5. The van der Waals surface area contributed by atoms with Crippen LogP contribution < -0.4 is 5.32 Å². The Bertz CT molecular complexity index is 819. The van der Waals surface area contributed by atoms with E-state index in [9.17, 15) is 19.4 Å². The zero-order chi connectivity index (χ0) is 36.5. The summed E-state index contributed by atoms with van der Waals surface area (Å²) in [5.74, 6) is -0.177. The Morgan fingerprint density at radius 2 is 1.08 bits per heavy atom. The number of phosphoric ester groups is 1. The van der Waals surface area contributed by atoms with Gasteiger partial charge in [0.05, 0.1) is 39.9 Å². The van der Waals surface area contributed by atoms with Crippen molar-refractivity contribution in [1.29, 1.82) is 0 Å². The highest BCUT2D eigenvalue weighted by Crippen LogP contribution is 2.43. The fourth-order valence-electron chi connectivity index (χ4n) is 5.92. The van der Waals surface area contributed by atoms with Crippen molar-refractivity contribution in [2.45, 2.75) is 199 Å². The Morgan fingerprint density at radius 1 is 0.673 bits per heavy atom. The van der Waals surface area contributed by atoms with Crippen molar-refractivity contribution in [2.75, 3.05) is 40.9 Å². The van der Waals surface area contributed by atoms with Crippen LogP contribution in [0.2, 0.25) is 0 Å². The Balaban J connectivity index is 4.47. The molecule has 9 heteroatoms. The number of amides is 1. The molecule has 3 unspecified atom stereocenters. The van der Waals surface area contributed by atoms with Gasteiger partial charge in [0.1, 0.15) is 13.2 Å². The van der Waals surface area contributed by atoms with Crippen LogP contribution in [0.5, 0.6) is 0 Å². The largest absolute Gasteiger partial charge is 0.472 e. The lowest BCUT2D eigenvalue weighted by atomic mass is 10.0. The lowest BCUT2D eigenvalue weighted by Gasteiger charge is -2.25. The number of rotatable bonds is 37. The topological polar surface area (TPSA) is 105 Å². The van der Waals surface area contributed by atoms with Crippen LogP contribution in [0.1, 0.15) is 187 Å². The maximum atomic E-state index is 12.8. The number of quaternary nitrogens is 1. The molecule has 0 spiro atoms. The first-order valence-electron chi connectivity index (χ1n) is 20.6. The van der Waals surface area contributed by atoms with E-state index in [1.54, 1.807) is 6.08 Å². The molecule has 0 fully saturated rings. The SMILES string of the molecule is CCCCCCCCCCCCCC=CC(O)C(COP(=O)(O)OCC[N+](C)(C)C)NC(=O)CCCCCCCCCCCCCCCC. The smallest absolute Gasteiger partial charge is 0.387 e. The standard InChI is InChI=1S/C40H81N2O6P/c1-6-8-10-12-14-16-18-20-22-24-26-28-30-32-34-40(44)41-38(37-48-49(45,46)47-36-35-42(3,4)5)39(43)33-31-29-27-25-23-21-19-17-15-13-11-9-7-2/h31,33,38-39,43H,6-30,32,34-37H2,1-5H3,(H-,41,44,45,46)/p+1. The second-order valence-electron chi connectivity index (χ2n) is 15.4. The van der Waals surface area contributed by atoms with Crippen LogP contribution in [-0.4, -0.2) is 73.4 Å². The first-order chi connectivity index (χ1) is 23.5. The van der Waals surface area contributed by atoms with E-state index in [1.165, 1.54) is 128 Å². The number of carbonyl (C=O) groups excluding carboxylic acids is 1. The molecule has 8 nitrogen and oxygen atoms in total. The van der Waals surface area contributed by atoms with E-state index in [1.807, 2.05) is 27.2 Å². The molecule has 0 bridgehead atoms. The molecule has 0 aliphatic heterocycles. The van der Waals surface area contributed by atoms with Crippen LogP contribution in [0.3, 0.4) is 0 Å². The number of aliphatic hydroxyl groups is 1. The first-order valence-corrected chi connectivity index (χ1v) is 22.1. The van der Waals surface area contributed by atoms with Crippen molar-refractivity contribution in [3.8, 4) is 0 Å². The summed E-state index contributed by atoms with van der Waals surface area (Å²) in [7, 11) is 1.58. The molecule has 0 aromatic heterocycles. The highest BCUT2D eigenvalue weighted by Gasteiger charge is 2.27. The number of phosphoric acid groups is 1. The van der Waals surface area contributed by atoms with Crippen molar-refractivity contribution < 1.29 is 32.9 Å². The summed E-state index contributed by atoms with van der Waals surface area (Å²) in [5.41, 5.74) is 0. The zero-order valence-corrected chi connectivity index (χ0v) is 33.8. The van der Waals surface area contributed by atoms with E-state index in [0.29, 0.717) is 17.4 Å². The number of likely N-dealkylation sites (N-methyl/N-ethyl adjacent to an activating group) is 1. The van der Waals surface area contributed by atoms with Crippen molar-refractivity contribution in [3.63, 3.8) is 0 Å². The van der Waals surface area contributed by atoms with Gasteiger partial charge < -0.3 is 19.8 Å². The van der Waals surface area contributed by atoms with Gasteiger partial charge in [0.15, 0.2) is 0 Å². The molecule has 292 valence electrons. The molecule has 1 amide bonds. The number of aliphatic hydroxyl groups excluding tert-OH is 1. The maximum Gasteiger partial charge on any atom is 0.472 e. The number of nitrogens with one attached hydrogen (secondary N) is 1. The van der Waals surface area contributed by atoms with Crippen LogP contribution >= 0.6 is 7.82 Å². The summed E-state index contributed by atoms with van der Waals surface area (Å²) in [6.45, 7) is 4.81. The summed E-state index contributed by atoms with van der Waals surface area (Å²) in [6, 6.07) is -0.838. The van der Waals surface area contributed by atoms with Gasteiger partial charge in [-0.15, -0.1) is 0 Å². The van der Waals surface area contributed by atoms with Crippen molar-refractivity contribution in [3.05, 3.63) is 12.2 Å². The first kappa shape index (κ1) is 48.2. The third-order valence-corrected chi connectivity index (χ3v) is 10.2. The summed E-state index contributed by atoms with van der Waals surface area (Å²) >= 11 is 0. The van der Waals surface area contributed by atoms with Gasteiger partial charge in [0.2, 0.25) is 5.91 Å². The van der Waals surface area contributed by atoms with Gasteiger partial charge in [0, 0.05) is 6.42 Å². The Kier molecular flexibility index (Phi) is 32.6. The highest BCUT2D eigenvalue weighted by atomic mass is 31.2. The third kappa shape index (κ3) is 35.4. The van der Waals surface area contributed by atoms with E-state index >= 15 is 0 Å². The minimum Gasteiger partial charge on any atom is -0.387 e. The Morgan fingerprint density at radius 3 is 1.51 bits per heavy atom. The van der Waals surface area contributed by atoms with E-state index in [2.05, 4.69) is 19.2 Å². The molecule has 3 N–H and O–H groups in total. The molecular formula is C40H82N2O6P+. The molecule has 49 heavy (non-hydrogen) atoms. The fourth-order valence-corrected chi connectivity index (χ4v) is 6.66. The molecule has 0 saturated carbocycles. The predicted octanol–water partition coefficient (Wildman–Crippen LogP) is 10.8. The number of unbranched alkanes of at least 4 members (excludes halogenated alkanes) is 24. The van der Waals surface area contributed by atoms with Gasteiger partial charge in [-0.2, -0.15) is 0 Å². The van der Waals surface area contributed by atoms with Crippen LogP contribution in [0.25, 0.3) is 0 Å². The summed E-state index contributed by atoms with van der Waals surface area (Å²) in [6.07, 6.45) is 35.5. The van der Waals surface area contributed by atoms with Gasteiger partial charge in [-0.05, 0) is 19.3 Å². The number of allylic oxidation sites excluding steroid dienone is 1. The van der Waals surface area contributed by atoms with Crippen molar-refractivity contribution in [1.82, 2.24) is 5.32 Å². The van der Waals surface area contributed by atoms with E-state index < -0.39 is 20.0 Å². The van der Waals surface area contributed by atoms with Gasteiger partial charge in [-0.1, -0.05) is 174 Å². The third-order valence-electron chi connectivity index (χ3n) is 9.26. The number of hydrogen-bond donors (Lipinski definition) is 3. The molecule has 0 saturated heterocycles. The summed E-state index contributed by atoms with van der Waals surface area (Å²) in [5, 5.41) is 13.8. The lowest BCUT2D eigenvalue weighted by molar-refractivity contribution is -0.870. The van der Waals surface area contributed by atoms with Gasteiger partial charge in [-0.3, -0.25) is 13.8 Å². The molecule has 0 rings (SSSR count). The van der Waals surface area contributed by atoms with Gasteiger partial charge in [0.25, 0.3) is 0 Å². The normalized spacial score (nSPS) is 14.7. The Hall–Kier alpha value is -0.760. The minimum absolute atomic E-state index is 0.0643. The summed E-state index contributed by atoms with van der Waals surface area (Å²) in [4.78, 5) is 23.0. The lowest BCUT2D eigenvalue weighted by Crippen LogP contribution is -2.45. The second-order valence-corrected chi connectivity index (χ2v) is 16.8. The van der Waals surface area contributed by atoms with Crippen LogP contribution in [0.15, 0.2) is 12.2 Å². The predicted molar refractivity (Wildman–Crippen MR) is 208 cm³/mol. The quantitative estimate of drug-likeness (QED) is 0.0256. The average Bonchev–Trinajstić information content (AvgIpc) is 3.04. The van der Waals surface area contributed by atoms with Crippen molar-refractivity contribution in [2.24, 2.45) is 0 Å². The molecule has 0 aliphatic carbocycles. The molecular weight excluding hydrogens is 635 g/mol. The number of carbonyl (C=O) groups is 1. The highest BCUT2D eigenvalue weighted by molar-refractivity contribution is 7.47. The van der Waals surface area contributed by atoms with E-state index in [0.717, 1.165) is 38.5 Å². The van der Waals surface area contributed by atoms with Crippen molar-refractivity contribution >= 4 is 13.7 Å². The van der Waals surface area contributed by atoms with Gasteiger partial charge in [-0.25, -0.2) is 4.57 Å². The molecule has 3 atom stereocenters. The van der Waals surface area contributed by atoms with Crippen LogP contribution in [-0.2, 0) is 18.4 Å². The monoisotopic (exact) mass is 718 g/mol. The molecule has 0 aromatic carbocycles. The Labute approximate surface area is 303 Å². The average molecular weight is 718 g/mol. The number of hydrogen-bond acceptors (Lipinski definition) is 5. The zero-order valence-electron chi connectivity index (χ0n) is 32.9. The fraction of sp³-hybridized carbons (Fsp3) is 0.925. The molecule has 0 aliphatic rings. The maximum absolute atomic E-state index is 12.8. The molecule has 0 radical (unpaired) electrons. The minimum atomic E-state index is -4.32. The van der Waals surface area contributed by atoms with E-state index in [4.69, 9.17) is 9.05 Å². The molecule has 0 aromatic rings. The number of nitrogens with zero attached hydrogens (tertiary/aromatic N) is 1. The molecule has 0 heterocycles. The second kappa shape index (κ2) is 33.1.